The Hall–Kier alpha value is -2.55. The van der Waals surface area contributed by atoms with E-state index in [1.165, 1.54) is 43.9 Å². The van der Waals surface area contributed by atoms with Gasteiger partial charge in [-0.05, 0) is 37.8 Å². The molecule has 8 nitrogen and oxygen atoms in total. The average Bonchev–Trinajstić information content (AvgIpc) is 3.59. The fraction of sp³-hybridized carbons (Fsp3) is 0.545. The van der Waals surface area contributed by atoms with Crippen molar-refractivity contribution in [1.29, 1.82) is 0 Å². The number of nitrogens with one attached hydrogen (secondary N) is 1. The molecule has 2 fully saturated rings. The third kappa shape index (κ3) is 4.42. The molecule has 1 amide bonds. The van der Waals surface area contributed by atoms with Crippen LogP contribution in [0.15, 0.2) is 40.2 Å². The van der Waals surface area contributed by atoms with Crippen LogP contribution in [-0.2, 0) is 4.79 Å². The SMILES string of the molecule is O=C(CSc1nnc(-c2ccco2)n1C1CCCCC1)Nc1ccnn1C1CCCC1. The second-order valence-corrected chi connectivity index (χ2v) is 9.32. The summed E-state index contributed by atoms with van der Waals surface area (Å²) in [5.74, 6) is 2.47. The zero-order valence-electron chi connectivity index (χ0n) is 17.6. The summed E-state index contributed by atoms with van der Waals surface area (Å²) in [5.41, 5.74) is 0. The maximum atomic E-state index is 12.7. The molecule has 2 saturated carbocycles. The molecule has 9 heteroatoms. The van der Waals surface area contributed by atoms with E-state index in [9.17, 15) is 4.79 Å². The Morgan fingerprint density at radius 3 is 2.61 bits per heavy atom. The first-order valence-electron chi connectivity index (χ1n) is 11.2. The molecule has 0 radical (unpaired) electrons. The van der Waals surface area contributed by atoms with Gasteiger partial charge in [0.15, 0.2) is 10.9 Å². The summed E-state index contributed by atoms with van der Waals surface area (Å²) in [6, 6.07) is 6.39. The Kier molecular flexibility index (Phi) is 6.11. The van der Waals surface area contributed by atoms with E-state index in [-0.39, 0.29) is 11.7 Å². The molecular formula is C22H28N6O2S. The maximum Gasteiger partial charge on any atom is 0.235 e. The number of carbonyl (C=O) groups is 1. The lowest BCUT2D eigenvalue weighted by atomic mass is 9.95. The van der Waals surface area contributed by atoms with E-state index in [4.69, 9.17) is 4.42 Å². The van der Waals surface area contributed by atoms with E-state index >= 15 is 0 Å². The Morgan fingerprint density at radius 1 is 1.06 bits per heavy atom. The van der Waals surface area contributed by atoms with Crippen molar-refractivity contribution >= 4 is 23.5 Å². The minimum absolute atomic E-state index is 0.0533. The van der Waals surface area contributed by atoms with Gasteiger partial charge in [0.25, 0.3) is 0 Å². The van der Waals surface area contributed by atoms with Crippen molar-refractivity contribution in [1.82, 2.24) is 24.5 Å². The Balaban J connectivity index is 1.29. The van der Waals surface area contributed by atoms with Gasteiger partial charge in [0.05, 0.1) is 24.3 Å². The van der Waals surface area contributed by atoms with Gasteiger partial charge in [0, 0.05) is 12.1 Å². The van der Waals surface area contributed by atoms with Crippen molar-refractivity contribution in [3.8, 4) is 11.6 Å². The number of amides is 1. The number of thioether (sulfide) groups is 1. The fourth-order valence-corrected chi connectivity index (χ4v) is 5.59. The van der Waals surface area contributed by atoms with Gasteiger partial charge >= 0.3 is 0 Å². The maximum absolute atomic E-state index is 12.7. The van der Waals surface area contributed by atoms with E-state index in [0.717, 1.165) is 48.2 Å². The Morgan fingerprint density at radius 2 is 1.84 bits per heavy atom. The quantitative estimate of drug-likeness (QED) is 0.515. The van der Waals surface area contributed by atoms with Gasteiger partial charge in [-0.15, -0.1) is 10.2 Å². The van der Waals surface area contributed by atoms with Crippen molar-refractivity contribution in [2.24, 2.45) is 0 Å². The molecule has 0 atom stereocenters. The van der Waals surface area contributed by atoms with Crippen LogP contribution in [0, 0.1) is 0 Å². The van der Waals surface area contributed by atoms with Crippen LogP contribution in [0.3, 0.4) is 0 Å². The molecule has 1 N–H and O–H groups in total. The minimum atomic E-state index is -0.0533. The van der Waals surface area contributed by atoms with Gasteiger partial charge in [-0.25, -0.2) is 4.68 Å². The first kappa shape index (κ1) is 20.4. The van der Waals surface area contributed by atoms with Gasteiger partial charge in [0.2, 0.25) is 11.7 Å². The molecule has 31 heavy (non-hydrogen) atoms. The molecule has 2 aliphatic carbocycles. The number of anilines is 1. The predicted molar refractivity (Wildman–Crippen MR) is 119 cm³/mol. The zero-order valence-corrected chi connectivity index (χ0v) is 18.4. The second kappa shape index (κ2) is 9.30. The van der Waals surface area contributed by atoms with Crippen LogP contribution >= 0.6 is 11.8 Å². The highest BCUT2D eigenvalue weighted by atomic mass is 32.2. The van der Waals surface area contributed by atoms with Crippen LogP contribution in [-0.4, -0.2) is 36.2 Å². The van der Waals surface area contributed by atoms with Gasteiger partial charge in [0.1, 0.15) is 5.82 Å². The van der Waals surface area contributed by atoms with E-state index in [1.54, 1.807) is 12.5 Å². The molecule has 0 saturated heterocycles. The lowest BCUT2D eigenvalue weighted by Gasteiger charge is -2.25. The molecule has 5 rings (SSSR count). The van der Waals surface area contributed by atoms with Crippen LogP contribution in [0.5, 0.6) is 0 Å². The van der Waals surface area contributed by atoms with Gasteiger partial charge in [-0.1, -0.05) is 43.9 Å². The summed E-state index contributed by atoms with van der Waals surface area (Å²) in [6.45, 7) is 0. The number of aromatic nitrogens is 5. The van der Waals surface area contributed by atoms with Crippen molar-refractivity contribution in [3.63, 3.8) is 0 Å². The monoisotopic (exact) mass is 440 g/mol. The second-order valence-electron chi connectivity index (χ2n) is 8.38. The van der Waals surface area contributed by atoms with Gasteiger partial charge in [-0.2, -0.15) is 5.10 Å². The van der Waals surface area contributed by atoms with E-state index < -0.39 is 0 Å². The van der Waals surface area contributed by atoms with Crippen LogP contribution in [0.4, 0.5) is 5.82 Å². The first-order chi connectivity index (χ1) is 15.3. The lowest BCUT2D eigenvalue weighted by molar-refractivity contribution is -0.113. The largest absolute Gasteiger partial charge is 0.461 e. The molecule has 2 aliphatic rings. The standard InChI is InChI=1S/C22H28N6O2S/c29-20(24-19-12-13-23-28(19)17-9-4-5-10-17)15-31-22-26-25-21(18-11-6-14-30-18)27(22)16-7-2-1-3-8-16/h6,11-14,16-17H,1-5,7-10,15H2,(H,24,29). The predicted octanol–water partition coefficient (Wildman–Crippen LogP) is 5.09. The van der Waals surface area contributed by atoms with Crippen LogP contribution in [0.25, 0.3) is 11.6 Å². The first-order valence-corrected chi connectivity index (χ1v) is 12.2. The number of rotatable bonds is 7. The normalized spacial score (nSPS) is 17.9. The Labute approximate surface area is 185 Å². The summed E-state index contributed by atoms with van der Waals surface area (Å²) in [6.07, 6.45) is 14.0. The highest BCUT2D eigenvalue weighted by Crippen LogP contribution is 2.36. The summed E-state index contributed by atoms with van der Waals surface area (Å²) in [5, 5.41) is 17.1. The van der Waals surface area contributed by atoms with E-state index in [0.29, 0.717) is 12.1 Å². The smallest absolute Gasteiger partial charge is 0.235 e. The van der Waals surface area contributed by atoms with Gasteiger partial charge in [-0.3, -0.25) is 9.36 Å². The summed E-state index contributed by atoms with van der Waals surface area (Å²) in [4.78, 5) is 12.7. The van der Waals surface area contributed by atoms with Gasteiger partial charge < -0.3 is 9.73 Å². The third-order valence-electron chi connectivity index (χ3n) is 6.29. The van der Waals surface area contributed by atoms with Crippen molar-refractivity contribution in [3.05, 3.63) is 30.7 Å². The molecule has 3 heterocycles. The number of nitrogens with zero attached hydrogens (tertiary/aromatic N) is 5. The Bertz CT molecular complexity index is 999. The molecule has 0 spiro atoms. The molecule has 0 aliphatic heterocycles. The zero-order chi connectivity index (χ0) is 21.0. The third-order valence-corrected chi connectivity index (χ3v) is 7.23. The summed E-state index contributed by atoms with van der Waals surface area (Å²) in [7, 11) is 0. The van der Waals surface area contributed by atoms with Crippen molar-refractivity contribution in [2.75, 3.05) is 11.1 Å². The van der Waals surface area contributed by atoms with Crippen molar-refractivity contribution in [2.45, 2.75) is 75.0 Å². The average molecular weight is 441 g/mol. The van der Waals surface area contributed by atoms with Crippen LogP contribution in [0.2, 0.25) is 0 Å². The van der Waals surface area contributed by atoms with Crippen LogP contribution in [0.1, 0.15) is 69.9 Å². The molecule has 3 aromatic rings. The molecule has 0 unspecified atom stereocenters. The minimum Gasteiger partial charge on any atom is -0.461 e. The van der Waals surface area contributed by atoms with E-state index in [2.05, 4.69) is 25.2 Å². The number of hydrogen-bond acceptors (Lipinski definition) is 6. The lowest BCUT2D eigenvalue weighted by Crippen LogP contribution is -2.20. The number of furan rings is 1. The summed E-state index contributed by atoms with van der Waals surface area (Å²) < 4.78 is 9.75. The van der Waals surface area contributed by atoms with Crippen LogP contribution < -0.4 is 5.32 Å². The molecule has 0 aromatic carbocycles. The molecule has 164 valence electrons. The topological polar surface area (TPSA) is 90.8 Å². The molecule has 3 aromatic heterocycles. The number of hydrogen-bond donors (Lipinski definition) is 1. The van der Waals surface area contributed by atoms with Crippen molar-refractivity contribution < 1.29 is 9.21 Å². The summed E-state index contributed by atoms with van der Waals surface area (Å²) >= 11 is 1.43. The number of carbonyl (C=O) groups excluding carboxylic acids is 1. The highest BCUT2D eigenvalue weighted by Gasteiger charge is 2.26. The highest BCUT2D eigenvalue weighted by molar-refractivity contribution is 7.99. The fourth-order valence-electron chi connectivity index (χ4n) is 4.78. The molecule has 0 bridgehead atoms. The molecular weight excluding hydrogens is 412 g/mol. The van der Waals surface area contributed by atoms with E-state index in [1.807, 2.05) is 22.9 Å².